The van der Waals surface area contributed by atoms with Gasteiger partial charge in [-0.1, -0.05) is 10.8 Å². The van der Waals surface area contributed by atoms with Crippen molar-refractivity contribution in [3.8, 4) is 0 Å². The van der Waals surface area contributed by atoms with Gasteiger partial charge in [0.2, 0.25) is 9.84 Å². The van der Waals surface area contributed by atoms with Crippen LogP contribution in [0.1, 0.15) is 0 Å². The van der Waals surface area contributed by atoms with E-state index in [9.17, 15) is 23.2 Å². The largest absolute Gasteiger partial charge is 0.421 e. The number of nitrogens with zero attached hydrogens (tertiary/aromatic N) is 1. The summed E-state index contributed by atoms with van der Waals surface area (Å²) in [5.74, 6) is 0. The van der Waals surface area contributed by atoms with E-state index >= 15 is 0 Å². The number of H-pyrrole nitrogens is 1. The third-order valence-electron chi connectivity index (χ3n) is 2.97. The maximum Gasteiger partial charge on any atom is 0.362 e. The van der Waals surface area contributed by atoms with Crippen LogP contribution in [0.4, 0.5) is 0 Å². The van der Waals surface area contributed by atoms with E-state index in [1.165, 1.54) is 41.0 Å². The van der Waals surface area contributed by atoms with Gasteiger partial charge < -0.3 is 10.2 Å². The number of hydrogen-bond donors (Lipinski definition) is 2. The first kappa shape index (κ1) is 13.6. The van der Waals surface area contributed by atoms with Crippen LogP contribution in [0.2, 0.25) is 0 Å². The summed E-state index contributed by atoms with van der Waals surface area (Å²) in [5.41, 5.74) is -2.19. The predicted octanol–water partition coefficient (Wildman–Crippen LogP) is 0.821. The molecule has 0 bridgehead atoms. The van der Waals surface area contributed by atoms with Crippen LogP contribution in [0.15, 0.2) is 54.4 Å². The van der Waals surface area contributed by atoms with Crippen LogP contribution in [-0.4, -0.2) is 23.3 Å². The van der Waals surface area contributed by atoms with Crippen molar-refractivity contribution in [1.29, 1.82) is 0 Å². The number of fused-ring (bicyclic) bond motifs is 1. The van der Waals surface area contributed by atoms with Crippen molar-refractivity contribution >= 4 is 32.1 Å². The lowest BCUT2D eigenvalue weighted by atomic mass is 10.2. The molecule has 0 saturated carbocycles. The zero-order chi connectivity index (χ0) is 15.2. The van der Waals surface area contributed by atoms with Crippen LogP contribution in [0.25, 0.3) is 10.9 Å². The molecule has 0 aliphatic carbocycles. The van der Waals surface area contributed by atoms with Crippen molar-refractivity contribution < 1.29 is 13.6 Å². The maximum atomic E-state index is 12.5. The molecule has 0 unspecified atom stereocenters. The van der Waals surface area contributed by atoms with Crippen LogP contribution >= 0.6 is 11.3 Å². The van der Waals surface area contributed by atoms with Gasteiger partial charge in [0.25, 0.3) is 5.56 Å². The molecule has 2 N–H and O–H groups in total. The van der Waals surface area contributed by atoms with Crippen LogP contribution in [0.5, 0.6) is 0 Å². The van der Waals surface area contributed by atoms with Crippen LogP contribution < -0.4 is 11.2 Å². The van der Waals surface area contributed by atoms with Gasteiger partial charge in [-0.3, -0.25) is 4.79 Å². The van der Waals surface area contributed by atoms with E-state index in [1.54, 1.807) is 5.38 Å². The zero-order valence-corrected chi connectivity index (χ0v) is 11.9. The summed E-state index contributed by atoms with van der Waals surface area (Å²) in [6, 6.07) is 5.44. The Labute approximate surface area is 121 Å². The molecule has 0 fully saturated rings. The van der Waals surface area contributed by atoms with Crippen LogP contribution in [0.3, 0.4) is 0 Å². The number of rotatable bonds is 2. The highest BCUT2D eigenvalue weighted by Gasteiger charge is 2.22. The minimum atomic E-state index is -3.86. The minimum absolute atomic E-state index is 0.0778. The Balaban J connectivity index is 2.46. The fraction of sp³-hybridized carbons (Fsp3) is 0. The summed E-state index contributed by atoms with van der Waals surface area (Å²) >= 11 is 1.22. The average molecular weight is 324 g/mol. The number of para-hydroxylation sites is 1. The summed E-state index contributed by atoms with van der Waals surface area (Å²) in [4.78, 5) is 25.4. The Morgan fingerprint density at radius 1 is 1.19 bits per heavy atom. The lowest BCUT2D eigenvalue weighted by molar-refractivity contribution is 0.162. The van der Waals surface area contributed by atoms with E-state index in [1.807, 2.05) is 0 Å². The van der Waals surface area contributed by atoms with Crippen molar-refractivity contribution in [1.82, 2.24) is 9.71 Å². The predicted molar refractivity (Wildman–Crippen MR) is 75.8 cm³/mol. The van der Waals surface area contributed by atoms with Crippen LogP contribution in [-0.2, 0) is 9.84 Å². The lowest BCUT2D eigenvalue weighted by Gasteiger charge is -2.06. The highest BCUT2D eigenvalue weighted by Crippen LogP contribution is 2.26. The van der Waals surface area contributed by atoms with Crippen molar-refractivity contribution in [2.75, 3.05) is 0 Å². The highest BCUT2D eigenvalue weighted by molar-refractivity contribution is 7.91. The Morgan fingerprint density at radius 3 is 2.62 bits per heavy atom. The van der Waals surface area contributed by atoms with Gasteiger partial charge in [-0.25, -0.2) is 13.2 Å². The van der Waals surface area contributed by atoms with Gasteiger partial charge in [-0.15, -0.1) is 0 Å². The van der Waals surface area contributed by atoms with Gasteiger partial charge in [0.15, 0.2) is 0 Å². The molecule has 0 spiro atoms. The van der Waals surface area contributed by atoms with Crippen molar-refractivity contribution in [2.45, 2.75) is 9.79 Å². The molecule has 9 heteroatoms. The maximum absolute atomic E-state index is 12.5. The Bertz CT molecular complexity index is 1050. The second kappa shape index (κ2) is 4.57. The van der Waals surface area contributed by atoms with Crippen molar-refractivity contribution in [3.05, 3.63) is 55.9 Å². The number of thiophene rings is 1. The Kier molecular flexibility index (Phi) is 2.96. The first-order valence-corrected chi connectivity index (χ1v) is 8.10. The van der Waals surface area contributed by atoms with Crippen molar-refractivity contribution in [3.63, 3.8) is 0 Å². The first-order valence-electron chi connectivity index (χ1n) is 5.67. The molecule has 0 atom stereocenters. The molecule has 3 rings (SSSR count). The summed E-state index contributed by atoms with van der Waals surface area (Å²) in [6.45, 7) is 0. The normalized spacial score (nSPS) is 11.8. The minimum Gasteiger partial charge on any atom is -0.421 e. The number of aromatic amines is 1. The fourth-order valence-corrected chi connectivity index (χ4v) is 4.42. The molecular formula is C12H8N2O5S2. The standard InChI is InChI=1S/C12H8N2O5S2/c15-11-8-2-1-3-9(10(8)13-12(16)14(11)17)21(18,19)7-4-5-20-6-7/h1-6,17H,(H,13,16). The van der Waals surface area contributed by atoms with Crippen LogP contribution in [0, 0.1) is 0 Å². The van der Waals surface area contributed by atoms with E-state index in [-0.39, 0.29) is 25.4 Å². The molecule has 3 aromatic rings. The fourth-order valence-electron chi connectivity index (χ4n) is 1.96. The van der Waals surface area contributed by atoms with Crippen molar-refractivity contribution in [2.24, 2.45) is 0 Å². The van der Waals surface area contributed by atoms with E-state index in [0.29, 0.717) is 0 Å². The molecule has 2 heterocycles. The smallest absolute Gasteiger partial charge is 0.362 e. The van der Waals surface area contributed by atoms with E-state index in [0.717, 1.165) is 0 Å². The molecule has 1 aromatic carbocycles. The van der Waals surface area contributed by atoms with Gasteiger partial charge in [0.1, 0.15) is 0 Å². The van der Waals surface area contributed by atoms with E-state index in [2.05, 4.69) is 4.98 Å². The highest BCUT2D eigenvalue weighted by atomic mass is 32.2. The lowest BCUT2D eigenvalue weighted by Crippen LogP contribution is -2.33. The van der Waals surface area contributed by atoms with E-state index < -0.39 is 21.1 Å². The molecule has 2 aromatic heterocycles. The number of benzene rings is 1. The Morgan fingerprint density at radius 2 is 1.95 bits per heavy atom. The van der Waals surface area contributed by atoms with Gasteiger partial charge in [-0.05, 0) is 23.6 Å². The quantitative estimate of drug-likeness (QED) is 0.678. The summed E-state index contributed by atoms with van der Waals surface area (Å²) in [7, 11) is -3.86. The summed E-state index contributed by atoms with van der Waals surface area (Å²) in [5, 5.41) is 12.3. The zero-order valence-electron chi connectivity index (χ0n) is 10.3. The second-order valence-electron chi connectivity index (χ2n) is 4.19. The van der Waals surface area contributed by atoms with E-state index in [4.69, 9.17) is 0 Å². The van der Waals surface area contributed by atoms with Gasteiger partial charge in [0, 0.05) is 5.38 Å². The average Bonchev–Trinajstić information content (AvgIpc) is 2.99. The topological polar surface area (TPSA) is 109 Å². The summed E-state index contributed by atoms with van der Waals surface area (Å²) < 4.78 is 25.0. The SMILES string of the molecule is O=c1[nH]c2c(S(=O)(=O)c3ccsc3)cccc2c(=O)n1O. The Hall–Kier alpha value is -2.39. The molecule has 7 nitrogen and oxygen atoms in total. The number of aromatic nitrogens is 2. The van der Waals surface area contributed by atoms with Gasteiger partial charge in [-0.2, -0.15) is 11.3 Å². The number of hydrogen-bond acceptors (Lipinski definition) is 6. The third-order valence-corrected chi connectivity index (χ3v) is 5.59. The van der Waals surface area contributed by atoms with Gasteiger partial charge in [0.05, 0.1) is 20.7 Å². The molecular weight excluding hydrogens is 316 g/mol. The first-order chi connectivity index (χ1) is 9.93. The monoisotopic (exact) mass is 324 g/mol. The number of sulfone groups is 1. The molecule has 0 aliphatic heterocycles. The van der Waals surface area contributed by atoms with Gasteiger partial charge >= 0.3 is 5.69 Å². The molecule has 0 aliphatic rings. The molecule has 0 radical (unpaired) electrons. The molecule has 0 amide bonds. The third kappa shape index (κ3) is 1.98. The second-order valence-corrected chi connectivity index (χ2v) is 6.89. The molecule has 21 heavy (non-hydrogen) atoms. The summed E-state index contributed by atoms with van der Waals surface area (Å²) in [6.07, 6.45) is 0. The number of nitrogens with one attached hydrogen (secondary N) is 1. The molecule has 108 valence electrons. The molecule has 0 saturated heterocycles.